The van der Waals surface area contributed by atoms with Gasteiger partial charge in [-0.2, -0.15) is 13.2 Å². The summed E-state index contributed by atoms with van der Waals surface area (Å²) in [7, 11) is 0. The average molecular weight is 520 g/mol. The molecule has 1 saturated heterocycles. The normalized spacial score (nSPS) is 17.6. The highest BCUT2D eigenvalue weighted by Gasteiger charge is 2.48. The van der Waals surface area contributed by atoms with Gasteiger partial charge in [0.25, 0.3) is 17.7 Å². The van der Waals surface area contributed by atoms with Crippen molar-refractivity contribution in [1.82, 2.24) is 19.3 Å². The molecule has 1 fully saturated rings. The zero-order valence-electron chi connectivity index (χ0n) is 18.8. The summed E-state index contributed by atoms with van der Waals surface area (Å²) in [6, 6.07) is 12.2. The molecule has 0 unspecified atom stereocenters. The van der Waals surface area contributed by atoms with Crippen LogP contribution >= 0.6 is 0 Å². The number of piperidine rings is 1. The van der Waals surface area contributed by atoms with E-state index in [2.05, 4.69) is 14.7 Å². The summed E-state index contributed by atoms with van der Waals surface area (Å²) >= 11 is 0. The fourth-order valence-corrected chi connectivity index (χ4v) is 3.96. The van der Waals surface area contributed by atoms with Crippen LogP contribution in [0.3, 0.4) is 0 Å². The van der Waals surface area contributed by atoms with Gasteiger partial charge in [0.1, 0.15) is 6.33 Å². The van der Waals surface area contributed by atoms with E-state index in [1.165, 1.54) is 18.5 Å². The summed E-state index contributed by atoms with van der Waals surface area (Å²) < 4.78 is 79.7. The molecule has 5 rings (SSSR count). The van der Waals surface area contributed by atoms with Crippen LogP contribution < -0.4 is 9.47 Å². The van der Waals surface area contributed by atoms with Crippen LogP contribution in [0, 0.1) is 0 Å². The number of ether oxygens (including phenoxy) is 2. The van der Waals surface area contributed by atoms with Gasteiger partial charge in [-0.15, -0.1) is 0 Å². The SMILES string of the molecule is O=C(c1ncn2ccccc12)N1CCC(F)(F)[C@@H](Oc2nc3ccccc3cc2OC(=O)C(F)(F)F)C1. The number of hydrogen-bond donors (Lipinski definition) is 0. The number of carbonyl (C=O) groups excluding carboxylic acids is 2. The predicted octanol–water partition coefficient (Wildman–Crippen LogP) is 4.28. The maximum Gasteiger partial charge on any atom is 0.491 e. The average Bonchev–Trinajstić information content (AvgIpc) is 3.28. The van der Waals surface area contributed by atoms with E-state index in [1.54, 1.807) is 40.9 Å². The minimum Gasteiger partial charge on any atom is -0.463 e. The number of aromatic nitrogens is 3. The van der Waals surface area contributed by atoms with Gasteiger partial charge in [0.2, 0.25) is 0 Å². The van der Waals surface area contributed by atoms with Crippen molar-refractivity contribution < 1.29 is 41.0 Å². The first-order valence-electron chi connectivity index (χ1n) is 11.0. The van der Waals surface area contributed by atoms with E-state index >= 15 is 0 Å². The Balaban J connectivity index is 1.46. The lowest BCUT2D eigenvalue weighted by molar-refractivity contribution is -0.190. The van der Waals surface area contributed by atoms with Crippen molar-refractivity contribution in [2.75, 3.05) is 13.1 Å². The van der Waals surface area contributed by atoms with Gasteiger partial charge >= 0.3 is 12.1 Å². The van der Waals surface area contributed by atoms with Gasteiger partial charge in [-0.05, 0) is 24.3 Å². The molecule has 0 aliphatic carbocycles. The fraction of sp³-hybridized carbons (Fsp3) is 0.250. The van der Waals surface area contributed by atoms with E-state index in [9.17, 15) is 31.5 Å². The third-order valence-corrected chi connectivity index (χ3v) is 5.85. The number of carbonyl (C=O) groups is 2. The van der Waals surface area contributed by atoms with Gasteiger partial charge in [-0.25, -0.2) is 23.5 Å². The van der Waals surface area contributed by atoms with E-state index in [4.69, 9.17) is 4.74 Å². The Morgan fingerprint density at radius 3 is 2.62 bits per heavy atom. The number of amides is 1. The Morgan fingerprint density at radius 1 is 1.08 bits per heavy atom. The minimum atomic E-state index is -5.34. The minimum absolute atomic E-state index is 0.0493. The van der Waals surface area contributed by atoms with E-state index in [0.717, 1.165) is 11.0 Å². The van der Waals surface area contributed by atoms with E-state index in [-0.39, 0.29) is 17.8 Å². The lowest BCUT2D eigenvalue weighted by Gasteiger charge is -2.37. The van der Waals surface area contributed by atoms with Crippen LogP contribution in [0.4, 0.5) is 22.0 Å². The smallest absolute Gasteiger partial charge is 0.463 e. The molecule has 3 aromatic heterocycles. The Hall–Kier alpha value is -4.29. The molecule has 4 aromatic rings. The molecule has 13 heteroatoms. The highest BCUT2D eigenvalue weighted by atomic mass is 19.4. The third kappa shape index (κ3) is 4.76. The number of hydrogen-bond acceptors (Lipinski definition) is 6. The van der Waals surface area contributed by atoms with Crippen molar-refractivity contribution in [3.05, 3.63) is 66.7 Å². The van der Waals surface area contributed by atoms with Gasteiger partial charge in [-0.1, -0.05) is 24.3 Å². The number of alkyl halides is 5. The van der Waals surface area contributed by atoms with E-state index in [1.807, 2.05) is 0 Å². The number of imidazole rings is 1. The standard InChI is InChI=1S/C24H17F5N4O4/c25-23(26)8-10-32(21(34)19-16-7-3-4-9-33(16)13-30-19)12-18(23)37-20-17(36-22(35)24(27,28)29)11-14-5-1-2-6-15(14)31-20/h1-7,9,11,13,18H,8,10,12H2/t18-/m0/s1. The second kappa shape index (κ2) is 8.98. The number of rotatable bonds is 4. The van der Waals surface area contributed by atoms with Crippen LogP contribution in [0.2, 0.25) is 0 Å². The molecule has 0 spiro atoms. The lowest BCUT2D eigenvalue weighted by Crippen LogP contribution is -2.55. The Bertz CT molecular complexity index is 1500. The number of pyridine rings is 2. The largest absolute Gasteiger partial charge is 0.491 e. The summed E-state index contributed by atoms with van der Waals surface area (Å²) in [6.45, 7) is -0.919. The van der Waals surface area contributed by atoms with E-state index in [0.29, 0.717) is 10.9 Å². The summed E-state index contributed by atoms with van der Waals surface area (Å²) in [5.41, 5.74) is 0.730. The van der Waals surface area contributed by atoms with Crippen molar-refractivity contribution in [2.24, 2.45) is 0 Å². The zero-order chi connectivity index (χ0) is 26.4. The molecule has 1 aromatic carbocycles. The number of likely N-dealkylation sites (tertiary alicyclic amines) is 1. The Kier molecular flexibility index (Phi) is 5.92. The molecule has 0 bridgehead atoms. The first-order chi connectivity index (χ1) is 17.5. The molecule has 1 aliphatic rings. The summed E-state index contributed by atoms with van der Waals surface area (Å²) in [4.78, 5) is 33.8. The van der Waals surface area contributed by atoms with Crippen LogP contribution in [0.1, 0.15) is 16.9 Å². The van der Waals surface area contributed by atoms with Crippen LogP contribution in [-0.2, 0) is 4.79 Å². The van der Waals surface area contributed by atoms with Gasteiger partial charge < -0.3 is 18.8 Å². The van der Waals surface area contributed by atoms with Crippen molar-refractivity contribution >= 4 is 28.3 Å². The first kappa shape index (κ1) is 24.4. The summed E-state index contributed by atoms with van der Waals surface area (Å²) in [5, 5.41) is 0.290. The molecular formula is C24H17F5N4O4. The molecular weight excluding hydrogens is 503 g/mol. The molecule has 4 heterocycles. The van der Waals surface area contributed by atoms with Gasteiger partial charge in [-0.3, -0.25) is 4.79 Å². The van der Waals surface area contributed by atoms with Crippen molar-refractivity contribution in [3.63, 3.8) is 0 Å². The molecule has 0 radical (unpaired) electrons. The first-order valence-corrected chi connectivity index (χ1v) is 11.0. The quantitative estimate of drug-likeness (QED) is 0.295. The monoisotopic (exact) mass is 520 g/mol. The molecule has 0 N–H and O–H groups in total. The zero-order valence-corrected chi connectivity index (χ0v) is 18.8. The van der Waals surface area contributed by atoms with Crippen LogP contribution in [0.25, 0.3) is 16.4 Å². The molecule has 8 nitrogen and oxygen atoms in total. The van der Waals surface area contributed by atoms with Crippen molar-refractivity contribution in [3.8, 4) is 11.6 Å². The number of fused-ring (bicyclic) bond motifs is 2. The molecule has 0 saturated carbocycles. The topological polar surface area (TPSA) is 86.0 Å². The van der Waals surface area contributed by atoms with E-state index < -0.39 is 54.7 Å². The highest BCUT2D eigenvalue weighted by Crippen LogP contribution is 2.37. The van der Waals surface area contributed by atoms with Crippen molar-refractivity contribution in [2.45, 2.75) is 24.6 Å². The van der Waals surface area contributed by atoms with Gasteiger partial charge in [0.05, 0.1) is 17.6 Å². The number of nitrogens with zero attached hydrogens (tertiary/aromatic N) is 4. The van der Waals surface area contributed by atoms with Crippen molar-refractivity contribution in [1.29, 1.82) is 0 Å². The van der Waals surface area contributed by atoms with Crippen LogP contribution in [0.15, 0.2) is 61.1 Å². The number of halogens is 5. The summed E-state index contributed by atoms with van der Waals surface area (Å²) in [6.07, 6.45) is -5.02. The Labute approximate surface area is 205 Å². The number of benzene rings is 1. The second-order valence-electron chi connectivity index (χ2n) is 8.33. The van der Waals surface area contributed by atoms with Crippen LogP contribution in [-0.4, -0.2) is 62.4 Å². The summed E-state index contributed by atoms with van der Waals surface area (Å²) in [5.74, 6) is -8.16. The fourth-order valence-electron chi connectivity index (χ4n) is 3.96. The molecule has 37 heavy (non-hydrogen) atoms. The lowest BCUT2D eigenvalue weighted by atomic mass is 10.0. The van der Waals surface area contributed by atoms with Gasteiger partial charge in [0.15, 0.2) is 17.5 Å². The van der Waals surface area contributed by atoms with Crippen LogP contribution in [0.5, 0.6) is 11.6 Å². The second-order valence-corrected chi connectivity index (χ2v) is 8.33. The number of esters is 1. The maximum absolute atomic E-state index is 14.9. The highest BCUT2D eigenvalue weighted by molar-refractivity contribution is 5.99. The maximum atomic E-state index is 14.9. The Morgan fingerprint density at radius 2 is 1.84 bits per heavy atom. The predicted molar refractivity (Wildman–Crippen MR) is 119 cm³/mol. The molecule has 1 aliphatic heterocycles. The molecule has 192 valence electrons. The molecule has 1 atom stereocenters. The molecule has 1 amide bonds. The third-order valence-electron chi connectivity index (χ3n) is 5.85. The van der Waals surface area contributed by atoms with Gasteiger partial charge in [0, 0.05) is 24.5 Å². The number of para-hydroxylation sites is 1.